The number of ether oxygens (including phenoxy) is 2. The number of fused-ring (bicyclic) bond motifs is 1. The van der Waals surface area contributed by atoms with Crippen molar-refractivity contribution in [1.29, 1.82) is 0 Å². The Morgan fingerprint density at radius 1 is 1.30 bits per heavy atom. The van der Waals surface area contributed by atoms with Crippen molar-refractivity contribution in [1.82, 2.24) is 9.88 Å². The molecule has 2 aliphatic heterocycles. The van der Waals surface area contributed by atoms with E-state index in [0.717, 1.165) is 11.1 Å². The molecule has 2 aromatic rings. The second-order valence-corrected chi connectivity index (χ2v) is 8.40. The topological polar surface area (TPSA) is 80.8 Å². The highest BCUT2D eigenvalue weighted by Gasteiger charge is 2.34. The molecule has 0 aliphatic carbocycles. The number of aryl methyl sites for hydroxylation is 1. The fraction of sp³-hybridized carbons (Fsp3) is 0.458. The molecule has 1 aromatic carbocycles. The highest BCUT2D eigenvalue weighted by atomic mass is 19.3. The number of nitrogens with one attached hydrogen (secondary N) is 1. The van der Waals surface area contributed by atoms with Gasteiger partial charge < -0.3 is 19.7 Å². The molecule has 1 aromatic heterocycles. The Kier molecular flexibility index (Phi) is 6.88. The summed E-state index contributed by atoms with van der Waals surface area (Å²) in [6.45, 7) is 4.47. The van der Waals surface area contributed by atoms with Crippen LogP contribution in [0, 0.1) is 12.8 Å². The number of nitrogens with zero attached hydrogens (tertiary/aromatic N) is 2. The maximum atomic E-state index is 13.1. The number of hydrogen-bond acceptors (Lipinski definition) is 5. The van der Waals surface area contributed by atoms with E-state index in [-0.39, 0.29) is 23.8 Å². The number of pyridine rings is 1. The zero-order valence-electron chi connectivity index (χ0n) is 18.6. The lowest BCUT2D eigenvalue weighted by molar-refractivity contribution is -0.122. The summed E-state index contributed by atoms with van der Waals surface area (Å²) >= 11 is 0. The van der Waals surface area contributed by atoms with Crippen molar-refractivity contribution in [2.75, 3.05) is 25.1 Å². The average molecular weight is 459 g/mol. The van der Waals surface area contributed by atoms with Gasteiger partial charge in [-0.25, -0.2) is 13.8 Å². The molecule has 0 saturated carbocycles. The van der Waals surface area contributed by atoms with Gasteiger partial charge in [0.05, 0.1) is 12.6 Å². The molecule has 33 heavy (non-hydrogen) atoms. The van der Waals surface area contributed by atoms with Gasteiger partial charge >= 0.3 is 0 Å². The Morgan fingerprint density at radius 2 is 2.06 bits per heavy atom. The fourth-order valence-electron chi connectivity index (χ4n) is 4.28. The van der Waals surface area contributed by atoms with Crippen LogP contribution in [0.25, 0.3) is 0 Å². The van der Waals surface area contributed by atoms with Gasteiger partial charge in [0.25, 0.3) is 12.3 Å². The third-order valence-electron chi connectivity index (χ3n) is 6.22. The van der Waals surface area contributed by atoms with Crippen molar-refractivity contribution in [3.8, 4) is 5.75 Å². The van der Waals surface area contributed by atoms with Crippen LogP contribution in [-0.2, 0) is 16.1 Å². The van der Waals surface area contributed by atoms with Gasteiger partial charge in [-0.05, 0) is 49.9 Å². The minimum atomic E-state index is -2.54. The molecule has 1 unspecified atom stereocenters. The van der Waals surface area contributed by atoms with Crippen LogP contribution in [-0.4, -0.2) is 47.9 Å². The molecule has 0 spiro atoms. The second-order valence-electron chi connectivity index (χ2n) is 8.40. The number of hydrogen-bond donors (Lipinski definition) is 1. The minimum absolute atomic E-state index is 0.104. The minimum Gasteiger partial charge on any atom is -0.487 e. The summed E-state index contributed by atoms with van der Waals surface area (Å²) in [6.07, 6.45) is 0.320. The van der Waals surface area contributed by atoms with Crippen LogP contribution in [0.5, 0.6) is 5.75 Å². The first kappa shape index (κ1) is 23.1. The smallest absolute Gasteiger partial charge is 0.272 e. The van der Waals surface area contributed by atoms with Gasteiger partial charge in [-0.3, -0.25) is 9.59 Å². The van der Waals surface area contributed by atoms with Crippen LogP contribution in [0.3, 0.4) is 0 Å². The highest BCUT2D eigenvalue weighted by molar-refractivity contribution is 6.01. The zero-order chi connectivity index (χ0) is 23.5. The first-order valence-corrected chi connectivity index (χ1v) is 11.0. The van der Waals surface area contributed by atoms with Crippen molar-refractivity contribution < 1.29 is 27.8 Å². The molecule has 1 fully saturated rings. The summed E-state index contributed by atoms with van der Waals surface area (Å²) in [5.74, 6) is 0.436. The van der Waals surface area contributed by atoms with Crippen molar-refractivity contribution in [3.63, 3.8) is 0 Å². The standard InChI is InChI=1S/C24H27F2N3O4/c1-14-11-17(3-4-20(14)33-13-21(25)26)15(2)29-12-19-18(24(29)31)5-8-27-22(19)28-23(30)16-6-9-32-10-7-16/h3-5,8,11,15-16,21H,6-7,9-10,12-13H2,1-2H3,(H,27,28,30). The van der Waals surface area contributed by atoms with Gasteiger partial charge in [-0.15, -0.1) is 0 Å². The van der Waals surface area contributed by atoms with Crippen LogP contribution in [0.4, 0.5) is 14.6 Å². The number of halogens is 2. The third kappa shape index (κ3) is 4.98. The Balaban J connectivity index is 1.49. The lowest BCUT2D eigenvalue weighted by Crippen LogP contribution is -2.29. The highest BCUT2D eigenvalue weighted by Crippen LogP contribution is 2.35. The van der Waals surface area contributed by atoms with Gasteiger partial charge in [-0.1, -0.05) is 12.1 Å². The van der Waals surface area contributed by atoms with Crippen molar-refractivity contribution in [2.24, 2.45) is 5.92 Å². The van der Waals surface area contributed by atoms with E-state index in [1.807, 2.05) is 13.0 Å². The Bertz CT molecular complexity index is 1040. The molecule has 0 radical (unpaired) electrons. The SMILES string of the molecule is Cc1cc(C(C)N2Cc3c(ccnc3NC(=O)C3CCOCC3)C2=O)ccc1OCC(F)F. The number of rotatable bonds is 7. The predicted molar refractivity (Wildman–Crippen MR) is 117 cm³/mol. The molecule has 1 saturated heterocycles. The molecule has 176 valence electrons. The van der Waals surface area contributed by atoms with E-state index in [1.165, 1.54) is 6.20 Å². The van der Waals surface area contributed by atoms with E-state index in [2.05, 4.69) is 10.3 Å². The van der Waals surface area contributed by atoms with E-state index in [9.17, 15) is 18.4 Å². The van der Waals surface area contributed by atoms with E-state index in [1.54, 1.807) is 30.0 Å². The number of aromatic nitrogens is 1. The monoisotopic (exact) mass is 459 g/mol. The molecule has 0 bridgehead atoms. The maximum absolute atomic E-state index is 13.1. The number of alkyl halides is 2. The summed E-state index contributed by atoms with van der Waals surface area (Å²) in [5.41, 5.74) is 2.80. The van der Waals surface area contributed by atoms with Gasteiger partial charge in [-0.2, -0.15) is 0 Å². The molecule has 9 heteroatoms. The van der Waals surface area contributed by atoms with Gasteiger partial charge in [0.1, 0.15) is 18.2 Å². The lowest BCUT2D eigenvalue weighted by atomic mass is 9.99. The van der Waals surface area contributed by atoms with Gasteiger partial charge in [0.15, 0.2) is 0 Å². The van der Waals surface area contributed by atoms with E-state index in [4.69, 9.17) is 9.47 Å². The van der Waals surface area contributed by atoms with Crippen molar-refractivity contribution in [2.45, 2.75) is 45.7 Å². The zero-order valence-corrected chi connectivity index (χ0v) is 18.6. The molecule has 2 aliphatic rings. The summed E-state index contributed by atoms with van der Waals surface area (Å²) in [7, 11) is 0. The molecule has 1 atom stereocenters. The van der Waals surface area contributed by atoms with Crippen molar-refractivity contribution in [3.05, 3.63) is 52.7 Å². The third-order valence-corrected chi connectivity index (χ3v) is 6.22. The van der Waals surface area contributed by atoms with Crippen LogP contribution in [0.15, 0.2) is 30.5 Å². The first-order chi connectivity index (χ1) is 15.8. The quantitative estimate of drug-likeness (QED) is 0.674. The largest absolute Gasteiger partial charge is 0.487 e. The average Bonchev–Trinajstić information content (AvgIpc) is 3.15. The molecule has 2 amide bonds. The van der Waals surface area contributed by atoms with Crippen LogP contribution in [0.2, 0.25) is 0 Å². The molecule has 1 N–H and O–H groups in total. The summed E-state index contributed by atoms with van der Waals surface area (Å²) in [6, 6.07) is 6.67. The van der Waals surface area contributed by atoms with Crippen molar-refractivity contribution >= 4 is 17.6 Å². The Hall–Kier alpha value is -3.07. The normalized spacial score (nSPS) is 17.2. The summed E-state index contributed by atoms with van der Waals surface area (Å²) < 4.78 is 35.4. The lowest BCUT2D eigenvalue weighted by Gasteiger charge is -2.25. The van der Waals surface area contributed by atoms with Crippen LogP contribution in [0.1, 0.15) is 52.9 Å². The Labute approximate surface area is 191 Å². The molecule has 7 nitrogen and oxygen atoms in total. The van der Waals surface area contributed by atoms with E-state index in [0.29, 0.717) is 55.3 Å². The van der Waals surface area contributed by atoms with Gasteiger partial charge in [0.2, 0.25) is 5.91 Å². The van der Waals surface area contributed by atoms with Crippen LogP contribution >= 0.6 is 0 Å². The molecular weight excluding hydrogens is 432 g/mol. The summed E-state index contributed by atoms with van der Waals surface area (Å²) in [4.78, 5) is 31.9. The second kappa shape index (κ2) is 9.82. The number of carbonyl (C=O) groups is 2. The first-order valence-electron chi connectivity index (χ1n) is 11.0. The fourth-order valence-corrected chi connectivity index (χ4v) is 4.28. The number of amides is 2. The maximum Gasteiger partial charge on any atom is 0.272 e. The number of anilines is 1. The molecule has 3 heterocycles. The summed E-state index contributed by atoms with van der Waals surface area (Å²) in [5, 5.41) is 2.91. The predicted octanol–water partition coefficient (Wildman–Crippen LogP) is 4.12. The Morgan fingerprint density at radius 3 is 2.76 bits per heavy atom. The van der Waals surface area contributed by atoms with Gasteiger partial charge in [0, 0.05) is 36.5 Å². The number of carbonyl (C=O) groups excluding carboxylic acids is 2. The van der Waals surface area contributed by atoms with Crippen LogP contribution < -0.4 is 10.1 Å². The number of benzene rings is 1. The molecule has 4 rings (SSSR count). The molecular formula is C24H27F2N3O4. The van der Waals surface area contributed by atoms with E-state index >= 15 is 0 Å². The van der Waals surface area contributed by atoms with E-state index < -0.39 is 13.0 Å².